The second kappa shape index (κ2) is 7.44. The minimum Gasteiger partial charge on any atom is -0.466 e. The molecule has 0 N–H and O–H groups in total. The molecule has 4 nitrogen and oxygen atoms in total. The Morgan fingerprint density at radius 2 is 1.96 bits per heavy atom. The van der Waals surface area contributed by atoms with E-state index in [-0.39, 0.29) is 5.97 Å². The van der Waals surface area contributed by atoms with Crippen LogP contribution in [-0.2, 0) is 16.0 Å². The average Bonchev–Trinajstić information content (AvgIpc) is 3.00. The van der Waals surface area contributed by atoms with Crippen LogP contribution in [0.5, 0.6) is 0 Å². The molecule has 1 heterocycles. The van der Waals surface area contributed by atoms with Crippen molar-refractivity contribution in [3.8, 4) is 11.3 Å². The molecule has 4 heteroatoms. The zero-order valence-electron chi connectivity index (χ0n) is 13.7. The molecule has 23 heavy (non-hydrogen) atoms. The third-order valence-electron chi connectivity index (χ3n) is 4.43. The number of hydrogen-bond acceptors (Lipinski definition) is 3. The summed E-state index contributed by atoms with van der Waals surface area (Å²) in [7, 11) is 0. The molecule has 1 fully saturated rings. The van der Waals surface area contributed by atoms with Crippen LogP contribution in [0, 0.1) is 0 Å². The van der Waals surface area contributed by atoms with Crippen molar-refractivity contribution in [1.29, 1.82) is 0 Å². The predicted octanol–water partition coefficient (Wildman–Crippen LogP) is 4.16. The van der Waals surface area contributed by atoms with Crippen molar-refractivity contribution >= 4 is 5.97 Å². The van der Waals surface area contributed by atoms with Crippen LogP contribution in [0.25, 0.3) is 11.3 Å². The highest BCUT2D eigenvalue weighted by Crippen LogP contribution is 2.31. The van der Waals surface area contributed by atoms with E-state index in [1.807, 2.05) is 31.2 Å². The van der Waals surface area contributed by atoms with Gasteiger partial charge in [-0.2, -0.15) is 5.10 Å². The summed E-state index contributed by atoms with van der Waals surface area (Å²) in [5.41, 5.74) is 3.00. The summed E-state index contributed by atoms with van der Waals surface area (Å²) in [5.74, 6) is -0.177. The van der Waals surface area contributed by atoms with Gasteiger partial charge in [0.05, 0.1) is 30.5 Å². The first kappa shape index (κ1) is 15.8. The standard InChI is InChI=1S/C19H24N2O2/c1-2-23-19(22)14-17-13-18(15-9-5-3-6-10-15)20-21(17)16-11-7-4-8-12-16/h3,5-6,9-10,13,16H,2,4,7-8,11-12,14H2,1H3. The molecule has 2 aromatic rings. The molecular formula is C19H24N2O2. The monoisotopic (exact) mass is 312 g/mol. The van der Waals surface area contributed by atoms with E-state index in [1.54, 1.807) is 0 Å². The van der Waals surface area contributed by atoms with Gasteiger partial charge in [-0.15, -0.1) is 0 Å². The molecule has 1 aliphatic carbocycles. The van der Waals surface area contributed by atoms with E-state index in [2.05, 4.69) is 16.8 Å². The van der Waals surface area contributed by atoms with Gasteiger partial charge in [-0.05, 0) is 25.8 Å². The van der Waals surface area contributed by atoms with Gasteiger partial charge in [0, 0.05) is 5.56 Å². The molecule has 0 unspecified atom stereocenters. The maximum absolute atomic E-state index is 11.9. The fourth-order valence-electron chi connectivity index (χ4n) is 3.32. The van der Waals surface area contributed by atoms with Gasteiger partial charge in [0.15, 0.2) is 0 Å². The van der Waals surface area contributed by atoms with E-state index >= 15 is 0 Å². The van der Waals surface area contributed by atoms with Crippen LogP contribution in [0.3, 0.4) is 0 Å². The quantitative estimate of drug-likeness (QED) is 0.779. The molecule has 0 aliphatic heterocycles. The third-order valence-corrected chi connectivity index (χ3v) is 4.43. The molecule has 122 valence electrons. The number of carbonyl (C=O) groups is 1. The lowest BCUT2D eigenvalue weighted by Gasteiger charge is -2.23. The van der Waals surface area contributed by atoms with Gasteiger partial charge in [0.25, 0.3) is 0 Å². The fourth-order valence-corrected chi connectivity index (χ4v) is 3.32. The number of aromatic nitrogens is 2. The van der Waals surface area contributed by atoms with E-state index in [0.29, 0.717) is 19.1 Å². The number of hydrogen-bond donors (Lipinski definition) is 0. The average molecular weight is 312 g/mol. The first-order valence-corrected chi connectivity index (χ1v) is 8.57. The minimum absolute atomic E-state index is 0.177. The van der Waals surface area contributed by atoms with E-state index in [4.69, 9.17) is 9.84 Å². The summed E-state index contributed by atoms with van der Waals surface area (Å²) < 4.78 is 7.20. The highest BCUT2D eigenvalue weighted by molar-refractivity contribution is 5.73. The summed E-state index contributed by atoms with van der Waals surface area (Å²) >= 11 is 0. The third kappa shape index (κ3) is 3.81. The van der Waals surface area contributed by atoms with E-state index in [0.717, 1.165) is 29.8 Å². The minimum atomic E-state index is -0.177. The molecule has 0 radical (unpaired) electrons. The lowest BCUT2D eigenvalue weighted by atomic mass is 9.95. The Hall–Kier alpha value is -2.10. The number of esters is 1. The first-order valence-electron chi connectivity index (χ1n) is 8.57. The SMILES string of the molecule is CCOC(=O)Cc1cc(-c2ccccc2)nn1C1CCCCC1. The van der Waals surface area contributed by atoms with Crippen molar-refractivity contribution in [1.82, 2.24) is 9.78 Å². The maximum Gasteiger partial charge on any atom is 0.311 e. The van der Waals surface area contributed by atoms with Gasteiger partial charge in [0.2, 0.25) is 0 Å². The van der Waals surface area contributed by atoms with Crippen LogP contribution in [-0.4, -0.2) is 22.4 Å². The normalized spacial score (nSPS) is 15.5. The Kier molecular flexibility index (Phi) is 5.11. The van der Waals surface area contributed by atoms with Crippen molar-refractivity contribution in [2.45, 2.75) is 51.5 Å². The molecule has 0 atom stereocenters. The maximum atomic E-state index is 11.9. The number of ether oxygens (including phenoxy) is 1. The van der Waals surface area contributed by atoms with Gasteiger partial charge >= 0.3 is 5.97 Å². The van der Waals surface area contributed by atoms with Crippen molar-refractivity contribution in [3.63, 3.8) is 0 Å². The highest BCUT2D eigenvalue weighted by atomic mass is 16.5. The van der Waals surface area contributed by atoms with Crippen LogP contribution in [0.1, 0.15) is 50.8 Å². The predicted molar refractivity (Wildman–Crippen MR) is 90.1 cm³/mol. The molecule has 3 rings (SSSR count). The van der Waals surface area contributed by atoms with Crippen molar-refractivity contribution in [2.24, 2.45) is 0 Å². The molecule has 0 bridgehead atoms. The van der Waals surface area contributed by atoms with Gasteiger partial charge in [-0.3, -0.25) is 9.48 Å². The van der Waals surface area contributed by atoms with Crippen LogP contribution >= 0.6 is 0 Å². The van der Waals surface area contributed by atoms with Crippen LogP contribution in [0.4, 0.5) is 0 Å². The smallest absolute Gasteiger partial charge is 0.311 e. The van der Waals surface area contributed by atoms with E-state index in [1.165, 1.54) is 19.3 Å². The topological polar surface area (TPSA) is 44.1 Å². The Labute approximate surface area is 137 Å². The molecule has 1 aliphatic rings. The Bertz CT molecular complexity index is 643. The molecule has 0 amide bonds. The van der Waals surface area contributed by atoms with Gasteiger partial charge < -0.3 is 4.74 Å². The molecule has 0 spiro atoms. The Morgan fingerprint density at radius 1 is 1.22 bits per heavy atom. The molecule has 1 saturated carbocycles. The number of nitrogens with zero attached hydrogens (tertiary/aromatic N) is 2. The summed E-state index contributed by atoms with van der Waals surface area (Å²) in [6.45, 7) is 2.26. The summed E-state index contributed by atoms with van der Waals surface area (Å²) in [6, 6.07) is 12.6. The zero-order chi connectivity index (χ0) is 16.1. The summed E-state index contributed by atoms with van der Waals surface area (Å²) in [6.07, 6.45) is 6.37. The van der Waals surface area contributed by atoms with E-state index < -0.39 is 0 Å². The zero-order valence-corrected chi connectivity index (χ0v) is 13.7. The van der Waals surface area contributed by atoms with Crippen LogP contribution in [0.15, 0.2) is 36.4 Å². The Balaban J connectivity index is 1.91. The number of rotatable bonds is 5. The van der Waals surface area contributed by atoms with Crippen LogP contribution in [0.2, 0.25) is 0 Å². The van der Waals surface area contributed by atoms with Crippen molar-refractivity contribution < 1.29 is 9.53 Å². The first-order chi connectivity index (χ1) is 11.3. The lowest BCUT2D eigenvalue weighted by molar-refractivity contribution is -0.142. The Morgan fingerprint density at radius 3 is 2.65 bits per heavy atom. The summed E-state index contributed by atoms with van der Waals surface area (Å²) in [5, 5.41) is 4.83. The molecule has 0 saturated heterocycles. The second-order valence-electron chi connectivity index (χ2n) is 6.11. The van der Waals surface area contributed by atoms with Crippen molar-refractivity contribution in [3.05, 3.63) is 42.1 Å². The molecular weight excluding hydrogens is 288 g/mol. The largest absolute Gasteiger partial charge is 0.466 e. The van der Waals surface area contributed by atoms with E-state index in [9.17, 15) is 4.79 Å². The fraction of sp³-hybridized carbons (Fsp3) is 0.474. The number of carbonyl (C=O) groups excluding carboxylic acids is 1. The second-order valence-corrected chi connectivity index (χ2v) is 6.11. The summed E-state index contributed by atoms with van der Waals surface area (Å²) in [4.78, 5) is 11.9. The van der Waals surface area contributed by atoms with Crippen molar-refractivity contribution in [2.75, 3.05) is 6.61 Å². The molecule has 1 aromatic carbocycles. The highest BCUT2D eigenvalue weighted by Gasteiger charge is 2.21. The molecule has 1 aromatic heterocycles. The van der Waals surface area contributed by atoms with Gasteiger partial charge in [-0.1, -0.05) is 49.6 Å². The lowest BCUT2D eigenvalue weighted by Crippen LogP contribution is -2.19. The number of benzene rings is 1. The van der Waals surface area contributed by atoms with Crippen LogP contribution < -0.4 is 0 Å². The van der Waals surface area contributed by atoms with Gasteiger partial charge in [-0.25, -0.2) is 0 Å². The van der Waals surface area contributed by atoms with Gasteiger partial charge in [0.1, 0.15) is 0 Å².